The number of hydrogen-bond acceptors (Lipinski definition) is 4. The minimum Gasteiger partial charge on any atom is -0.230 e. The van der Waals surface area contributed by atoms with Crippen LogP contribution in [0.15, 0.2) is 0 Å². The van der Waals surface area contributed by atoms with Gasteiger partial charge in [0.1, 0.15) is 0 Å². The predicted molar refractivity (Wildman–Crippen MR) is 65.7 cm³/mol. The zero-order valence-corrected chi connectivity index (χ0v) is 10.1. The maximum atomic E-state index is 5.19. The van der Waals surface area contributed by atoms with Crippen molar-refractivity contribution in [1.82, 2.24) is 9.84 Å². The van der Waals surface area contributed by atoms with Gasteiger partial charge in [0.15, 0.2) is 0 Å². The van der Waals surface area contributed by atoms with Crippen LogP contribution in [0.25, 0.3) is 0 Å². The zero-order valence-electron chi connectivity index (χ0n) is 7.52. The molecule has 76 valence electrons. The molecule has 3 heterocycles. The Morgan fingerprint density at radius 3 is 2.85 bits per heavy atom. The van der Waals surface area contributed by atoms with E-state index in [0.29, 0.717) is 0 Å². The maximum Gasteiger partial charge on any atom is 0.0432 e. The maximum absolute atomic E-state index is 5.19. The lowest BCUT2D eigenvalue weighted by Gasteiger charge is -2.63. The third-order valence-corrected chi connectivity index (χ3v) is 16.4. The molecular formula is C8H16N2S3. The van der Waals surface area contributed by atoms with Crippen LogP contribution in [0.4, 0.5) is 0 Å². The van der Waals surface area contributed by atoms with E-state index < -0.39 is 7.51 Å². The molecule has 0 aromatic rings. The fraction of sp³-hybridized carbons (Fsp3) is 1.00. The molecule has 0 aromatic heterocycles. The average molecular weight is 236 g/mol. The van der Waals surface area contributed by atoms with Crippen molar-refractivity contribution >= 4 is 31.8 Å². The number of nitrogens with zero attached hydrogens (tertiary/aromatic N) is 1. The molecular weight excluding hydrogens is 220 g/mol. The van der Waals surface area contributed by atoms with Gasteiger partial charge >= 0.3 is 0 Å². The normalized spacial score (nSPS) is 66.0. The number of nitrogens with one attached hydrogen (secondary N) is 1. The second-order valence-corrected chi connectivity index (χ2v) is 16.2. The molecule has 0 amide bonds. The Morgan fingerprint density at radius 2 is 2.23 bits per heavy atom. The third-order valence-electron chi connectivity index (χ3n) is 4.75. The fourth-order valence-corrected chi connectivity index (χ4v) is 12.5. The lowest BCUT2D eigenvalue weighted by molar-refractivity contribution is 0.443. The van der Waals surface area contributed by atoms with E-state index >= 15 is 0 Å². The van der Waals surface area contributed by atoms with Crippen molar-refractivity contribution < 1.29 is 0 Å². The summed E-state index contributed by atoms with van der Waals surface area (Å²) in [6.45, 7) is 1.27. The van der Waals surface area contributed by atoms with Crippen LogP contribution in [0.1, 0.15) is 6.42 Å². The van der Waals surface area contributed by atoms with Crippen LogP contribution in [0, 0.1) is 5.92 Å². The van der Waals surface area contributed by atoms with Gasteiger partial charge in [-0.2, -0.15) is 20.1 Å². The van der Waals surface area contributed by atoms with Crippen molar-refractivity contribution in [2.75, 3.05) is 23.1 Å². The Hall–Kier alpha value is 0.970. The van der Waals surface area contributed by atoms with Crippen molar-refractivity contribution in [3.63, 3.8) is 0 Å². The van der Waals surface area contributed by atoms with Gasteiger partial charge in [0, 0.05) is 22.9 Å². The average Bonchev–Trinajstić information content (AvgIpc) is 2.86. The van der Waals surface area contributed by atoms with Gasteiger partial charge in [-0.3, -0.25) is 0 Å². The van der Waals surface area contributed by atoms with E-state index in [9.17, 15) is 0 Å². The summed E-state index contributed by atoms with van der Waals surface area (Å²) in [6, 6.07) is 0.874. The van der Waals surface area contributed by atoms with Gasteiger partial charge in [-0.05, 0) is 23.8 Å². The van der Waals surface area contributed by atoms with E-state index in [1.165, 1.54) is 24.5 Å². The largest absolute Gasteiger partial charge is 0.230 e. The molecule has 0 radical (unpaired) electrons. The Kier molecular flexibility index (Phi) is 1.01. The molecule has 3 aliphatic heterocycles. The summed E-state index contributed by atoms with van der Waals surface area (Å²) in [7, 11) is -2.09. The van der Waals surface area contributed by atoms with E-state index in [2.05, 4.69) is 22.5 Å². The molecule has 5 heteroatoms. The van der Waals surface area contributed by atoms with Crippen molar-refractivity contribution in [2.24, 2.45) is 5.92 Å². The molecule has 0 bridgehead atoms. The van der Waals surface area contributed by atoms with E-state index in [-0.39, 0.29) is 0 Å². The molecule has 1 N–H and O–H groups in total. The first-order valence-electron chi connectivity index (χ1n) is 4.99. The van der Waals surface area contributed by atoms with Crippen molar-refractivity contribution in [3.05, 3.63) is 0 Å². The predicted octanol–water partition coefficient (Wildman–Crippen LogP) is 1.11. The standard InChI is InChI=1S/C8H16N2S3/c11-5-13(12,1-2-13)8-3-6(8)7-4-10(7)9-13/h6-9,11-12H,1-5H2. The van der Waals surface area contributed by atoms with Crippen LogP contribution in [-0.2, 0) is 0 Å². The zero-order chi connectivity index (χ0) is 8.96. The first-order valence-corrected chi connectivity index (χ1v) is 9.70. The lowest BCUT2D eigenvalue weighted by atomic mass is 10.3. The summed E-state index contributed by atoms with van der Waals surface area (Å²) in [5.74, 6) is 3.61. The third kappa shape index (κ3) is 0.678. The van der Waals surface area contributed by atoms with Crippen LogP contribution in [0.2, 0.25) is 0 Å². The van der Waals surface area contributed by atoms with Gasteiger partial charge in [0.2, 0.25) is 0 Å². The molecule has 13 heavy (non-hydrogen) atoms. The Bertz CT molecular complexity index is 340. The number of fused-ring (bicyclic) bond motifs is 4. The highest BCUT2D eigenvalue weighted by molar-refractivity contribution is 9.11. The lowest BCUT2D eigenvalue weighted by Crippen LogP contribution is -2.46. The summed E-state index contributed by atoms with van der Waals surface area (Å²) < 4.78 is 0. The summed E-state index contributed by atoms with van der Waals surface area (Å²) >= 11 is 9.80. The van der Waals surface area contributed by atoms with Gasteiger partial charge in [-0.25, -0.2) is 9.84 Å². The molecule has 1 aliphatic carbocycles. The van der Waals surface area contributed by atoms with Crippen LogP contribution < -0.4 is 4.83 Å². The number of hydrogen-bond donors (Lipinski definition) is 3. The van der Waals surface area contributed by atoms with E-state index in [1.54, 1.807) is 0 Å². The van der Waals surface area contributed by atoms with Gasteiger partial charge < -0.3 is 0 Å². The van der Waals surface area contributed by atoms with Crippen molar-refractivity contribution in [1.29, 1.82) is 0 Å². The molecule has 4 aliphatic rings. The number of thiol groups is 2. The summed E-state index contributed by atoms with van der Waals surface area (Å²) in [6.07, 6.45) is 1.43. The monoisotopic (exact) mass is 236 g/mol. The van der Waals surface area contributed by atoms with Gasteiger partial charge in [-0.15, -0.1) is 11.7 Å². The van der Waals surface area contributed by atoms with Crippen LogP contribution in [0.5, 0.6) is 0 Å². The first-order chi connectivity index (χ1) is 6.05. The Morgan fingerprint density at radius 1 is 1.46 bits per heavy atom. The highest BCUT2D eigenvalue weighted by Crippen LogP contribution is 3.08. The van der Waals surface area contributed by atoms with E-state index in [0.717, 1.165) is 22.3 Å². The molecule has 4 rings (SSSR count). The Labute approximate surface area is 88.4 Å². The molecule has 2 nitrogen and oxygen atoms in total. The van der Waals surface area contributed by atoms with Gasteiger partial charge in [-0.1, -0.05) is 0 Å². The SMILES string of the molecule is SCS12(S)(CC1)NN1CC1C1CC12. The van der Waals surface area contributed by atoms with Crippen LogP contribution >= 0.6 is 31.8 Å². The second-order valence-electron chi connectivity index (χ2n) is 5.53. The molecule has 4 fully saturated rings. The molecule has 1 saturated carbocycles. The minimum absolute atomic E-state index is 0.874. The highest BCUT2D eigenvalue weighted by atomic mass is 33.2. The number of hydrazine groups is 1. The molecule has 4 atom stereocenters. The van der Waals surface area contributed by atoms with Gasteiger partial charge in [0.05, 0.1) is 0 Å². The first kappa shape index (κ1) is 8.16. The van der Waals surface area contributed by atoms with Crippen molar-refractivity contribution in [3.8, 4) is 0 Å². The minimum atomic E-state index is -2.09. The molecule has 0 aromatic carbocycles. The molecule has 4 unspecified atom stereocenters. The smallest absolute Gasteiger partial charge is 0.0432 e. The topological polar surface area (TPSA) is 15.0 Å². The molecule has 1 spiro atoms. The van der Waals surface area contributed by atoms with Crippen LogP contribution in [-0.4, -0.2) is 39.4 Å². The van der Waals surface area contributed by atoms with Gasteiger partial charge in [0.25, 0.3) is 0 Å². The summed E-state index contributed by atoms with van der Waals surface area (Å²) in [4.78, 5) is 3.81. The second kappa shape index (κ2) is 1.61. The summed E-state index contributed by atoms with van der Waals surface area (Å²) in [5.41, 5.74) is 0. The van der Waals surface area contributed by atoms with Crippen molar-refractivity contribution in [2.45, 2.75) is 17.7 Å². The quantitative estimate of drug-likeness (QED) is 0.359. The fourth-order valence-electron chi connectivity index (χ4n) is 3.32. The van der Waals surface area contributed by atoms with E-state index in [4.69, 9.17) is 11.7 Å². The van der Waals surface area contributed by atoms with E-state index in [1.807, 2.05) is 0 Å². The van der Waals surface area contributed by atoms with Crippen LogP contribution in [0.3, 0.4) is 0 Å². The number of rotatable bonds is 1. The highest BCUT2D eigenvalue weighted by Gasteiger charge is 2.84. The molecule has 3 saturated heterocycles. The summed E-state index contributed by atoms with van der Waals surface area (Å²) in [5, 5.41) is 4.34. The Balaban J connectivity index is 1.88.